The van der Waals surface area contributed by atoms with E-state index in [-0.39, 0.29) is 24.2 Å². The second-order valence-electron chi connectivity index (χ2n) is 6.66. The molecule has 132 valence electrons. The van der Waals surface area contributed by atoms with E-state index in [1.807, 2.05) is 6.92 Å². The van der Waals surface area contributed by atoms with Gasteiger partial charge in [-0.2, -0.15) is 0 Å². The van der Waals surface area contributed by atoms with Crippen molar-refractivity contribution in [2.75, 3.05) is 11.9 Å². The number of hydrogen-bond donors (Lipinski definition) is 3. The Hall–Kier alpha value is -1.59. The molecule has 0 saturated carbocycles. The van der Waals surface area contributed by atoms with Gasteiger partial charge in [-0.1, -0.05) is 0 Å². The number of nitrogens with one attached hydrogen (secondary N) is 3. The molecule has 6 heteroatoms. The highest BCUT2D eigenvalue weighted by Gasteiger charge is 2.34. The van der Waals surface area contributed by atoms with Crippen molar-refractivity contribution < 1.29 is 9.59 Å². The molecule has 2 unspecified atom stereocenters. The summed E-state index contributed by atoms with van der Waals surface area (Å²) in [5, 5.41) is 9.31. The van der Waals surface area contributed by atoms with Crippen molar-refractivity contribution in [1.82, 2.24) is 10.6 Å². The quantitative estimate of drug-likeness (QED) is 0.764. The standard InChI is InChI=1S/C18H25N3O2.ClH/c1-2-19-18(23)13-3-5-14(6-4-13)21-17(22)11-12-9-15-7-8-16(10-12)20-15;/h3-6,12,15-16,20H,2,7-11H2,1H3,(H,19,23)(H,21,22);1H. The molecule has 1 aromatic carbocycles. The number of carbonyl (C=O) groups excluding carboxylic acids is 2. The predicted octanol–water partition coefficient (Wildman–Crippen LogP) is 2.72. The normalized spacial score (nSPS) is 24.8. The van der Waals surface area contributed by atoms with Crippen molar-refractivity contribution in [2.45, 2.75) is 51.1 Å². The molecular weight excluding hydrogens is 326 g/mol. The molecule has 24 heavy (non-hydrogen) atoms. The lowest BCUT2D eigenvalue weighted by molar-refractivity contribution is -0.117. The van der Waals surface area contributed by atoms with Crippen LogP contribution >= 0.6 is 12.4 Å². The van der Waals surface area contributed by atoms with Crippen LogP contribution in [-0.4, -0.2) is 30.4 Å². The summed E-state index contributed by atoms with van der Waals surface area (Å²) in [6.45, 7) is 2.50. The minimum Gasteiger partial charge on any atom is -0.352 e. The van der Waals surface area contributed by atoms with Gasteiger partial charge in [0, 0.05) is 36.3 Å². The van der Waals surface area contributed by atoms with Crippen LogP contribution in [0.25, 0.3) is 0 Å². The van der Waals surface area contributed by atoms with Gasteiger partial charge in [-0.25, -0.2) is 0 Å². The summed E-state index contributed by atoms with van der Waals surface area (Å²) in [5.41, 5.74) is 1.36. The van der Waals surface area contributed by atoms with Crippen molar-refractivity contribution in [2.24, 2.45) is 5.92 Å². The minimum absolute atomic E-state index is 0. The summed E-state index contributed by atoms with van der Waals surface area (Å²) in [6.07, 6.45) is 5.32. The van der Waals surface area contributed by atoms with Gasteiger partial charge in [0.2, 0.25) is 5.91 Å². The third-order valence-corrected chi connectivity index (χ3v) is 4.81. The van der Waals surface area contributed by atoms with Gasteiger partial charge in [0.25, 0.3) is 5.91 Å². The SMILES string of the molecule is CCNC(=O)c1ccc(NC(=O)CC2CC3CCC(C2)N3)cc1.Cl. The molecule has 5 nitrogen and oxygen atoms in total. The summed E-state index contributed by atoms with van der Waals surface area (Å²) in [6, 6.07) is 8.28. The average Bonchev–Trinajstić information content (AvgIpc) is 2.87. The first kappa shape index (κ1) is 18.7. The number of carbonyl (C=O) groups is 2. The third-order valence-electron chi connectivity index (χ3n) is 4.81. The van der Waals surface area contributed by atoms with Gasteiger partial charge in [-0.15, -0.1) is 12.4 Å². The number of halogens is 1. The van der Waals surface area contributed by atoms with E-state index in [1.165, 1.54) is 12.8 Å². The van der Waals surface area contributed by atoms with Gasteiger partial charge < -0.3 is 16.0 Å². The Kier molecular flexibility index (Phi) is 6.63. The van der Waals surface area contributed by atoms with Gasteiger partial charge in [0.05, 0.1) is 0 Å². The van der Waals surface area contributed by atoms with E-state index in [0.717, 1.165) is 18.5 Å². The maximum atomic E-state index is 12.2. The van der Waals surface area contributed by atoms with E-state index in [2.05, 4.69) is 16.0 Å². The fourth-order valence-corrected chi connectivity index (χ4v) is 3.78. The van der Waals surface area contributed by atoms with Crippen molar-refractivity contribution in [3.8, 4) is 0 Å². The molecule has 0 radical (unpaired) electrons. The highest BCUT2D eigenvalue weighted by atomic mass is 35.5. The molecule has 1 aromatic rings. The Morgan fingerprint density at radius 1 is 1.12 bits per heavy atom. The largest absolute Gasteiger partial charge is 0.352 e. The lowest BCUT2D eigenvalue weighted by Crippen LogP contribution is -2.39. The van der Waals surface area contributed by atoms with E-state index in [9.17, 15) is 9.59 Å². The Labute approximate surface area is 149 Å². The van der Waals surface area contributed by atoms with E-state index in [4.69, 9.17) is 0 Å². The molecular formula is C18H26ClN3O2. The fourth-order valence-electron chi connectivity index (χ4n) is 3.78. The number of rotatable bonds is 5. The van der Waals surface area contributed by atoms with Crippen molar-refractivity contribution in [3.63, 3.8) is 0 Å². The Balaban J connectivity index is 0.00000208. The maximum Gasteiger partial charge on any atom is 0.251 e. The number of amides is 2. The zero-order valence-corrected chi connectivity index (χ0v) is 14.8. The smallest absolute Gasteiger partial charge is 0.251 e. The molecule has 2 atom stereocenters. The molecule has 0 aromatic heterocycles. The number of piperidine rings is 1. The van der Waals surface area contributed by atoms with E-state index >= 15 is 0 Å². The second-order valence-corrected chi connectivity index (χ2v) is 6.66. The molecule has 0 spiro atoms. The van der Waals surface area contributed by atoms with Gasteiger partial charge in [0.15, 0.2) is 0 Å². The van der Waals surface area contributed by atoms with Gasteiger partial charge in [-0.05, 0) is 62.8 Å². The average molecular weight is 352 g/mol. The Morgan fingerprint density at radius 2 is 1.75 bits per heavy atom. The van der Waals surface area contributed by atoms with Crippen LogP contribution in [0.2, 0.25) is 0 Å². The molecule has 3 N–H and O–H groups in total. The van der Waals surface area contributed by atoms with E-state index in [1.54, 1.807) is 24.3 Å². The fraction of sp³-hybridized carbons (Fsp3) is 0.556. The Bertz CT molecular complexity index is 564. The molecule has 0 aliphatic carbocycles. The molecule has 2 amide bonds. The van der Waals surface area contributed by atoms with Crippen molar-refractivity contribution >= 4 is 29.9 Å². The summed E-state index contributed by atoms with van der Waals surface area (Å²) < 4.78 is 0. The monoisotopic (exact) mass is 351 g/mol. The third kappa shape index (κ3) is 4.71. The molecule has 2 saturated heterocycles. The highest BCUT2D eigenvalue weighted by Crippen LogP contribution is 2.32. The van der Waals surface area contributed by atoms with E-state index < -0.39 is 0 Å². The first-order chi connectivity index (χ1) is 11.1. The molecule has 2 bridgehead atoms. The van der Waals surface area contributed by atoms with Crippen LogP contribution in [0.5, 0.6) is 0 Å². The number of benzene rings is 1. The van der Waals surface area contributed by atoms with Crippen LogP contribution in [-0.2, 0) is 4.79 Å². The number of hydrogen-bond acceptors (Lipinski definition) is 3. The summed E-state index contributed by atoms with van der Waals surface area (Å²) >= 11 is 0. The van der Waals surface area contributed by atoms with Crippen LogP contribution in [0.15, 0.2) is 24.3 Å². The lowest BCUT2D eigenvalue weighted by atomic mass is 9.89. The second kappa shape index (κ2) is 8.49. The minimum atomic E-state index is -0.0874. The van der Waals surface area contributed by atoms with Gasteiger partial charge >= 0.3 is 0 Å². The van der Waals surface area contributed by atoms with Crippen LogP contribution in [0.1, 0.15) is 49.4 Å². The van der Waals surface area contributed by atoms with Crippen LogP contribution < -0.4 is 16.0 Å². The van der Waals surface area contributed by atoms with Crippen LogP contribution in [0.4, 0.5) is 5.69 Å². The lowest BCUT2D eigenvalue weighted by Gasteiger charge is -2.28. The highest BCUT2D eigenvalue weighted by molar-refractivity contribution is 5.95. The summed E-state index contributed by atoms with van der Waals surface area (Å²) in [5.74, 6) is 0.473. The van der Waals surface area contributed by atoms with E-state index in [0.29, 0.717) is 36.5 Å². The zero-order chi connectivity index (χ0) is 16.2. The first-order valence-electron chi connectivity index (χ1n) is 8.58. The van der Waals surface area contributed by atoms with Gasteiger partial charge in [0.1, 0.15) is 0 Å². The number of fused-ring (bicyclic) bond motifs is 2. The predicted molar refractivity (Wildman–Crippen MR) is 97.6 cm³/mol. The maximum absolute atomic E-state index is 12.2. The molecule has 2 heterocycles. The zero-order valence-electron chi connectivity index (χ0n) is 14.0. The van der Waals surface area contributed by atoms with Crippen molar-refractivity contribution in [1.29, 1.82) is 0 Å². The first-order valence-corrected chi connectivity index (χ1v) is 8.58. The van der Waals surface area contributed by atoms with Crippen molar-refractivity contribution in [3.05, 3.63) is 29.8 Å². The summed E-state index contributed by atoms with van der Waals surface area (Å²) in [7, 11) is 0. The van der Waals surface area contributed by atoms with Crippen LogP contribution in [0, 0.1) is 5.92 Å². The van der Waals surface area contributed by atoms with Gasteiger partial charge in [-0.3, -0.25) is 9.59 Å². The Morgan fingerprint density at radius 3 is 2.33 bits per heavy atom. The molecule has 2 aliphatic rings. The summed E-state index contributed by atoms with van der Waals surface area (Å²) in [4.78, 5) is 23.9. The van der Waals surface area contributed by atoms with Crippen LogP contribution in [0.3, 0.4) is 0 Å². The molecule has 2 aliphatic heterocycles. The topological polar surface area (TPSA) is 70.2 Å². The molecule has 3 rings (SSSR count). The number of anilines is 1. The molecule has 2 fully saturated rings.